The van der Waals surface area contributed by atoms with Crippen molar-refractivity contribution in [1.82, 2.24) is 10.3 Å². The molecule has 0 aliphatic rings. The lowest BCUT2D eigenvalue weighted by molar-refractivity contribution is -0.140. The minimum absolute atomic E-state index is 0.163. The number of methoxy groups -OCH3 is 1. The van der Waals surface area contributed by atoms with Crippen LogP contribution in [0.25, 0.3) is 10.9 Å². The van der Waals surface area contributed by atoms with E-state index in [1.807, 2.05) is 13.0 Å². The topological polar surface area (TPSA) is 88.5 Å². The van der Waals surface area contributed by atoms with Crippen LogP contribution in [0.15, 0.2) is 24.3 Å². The van der Waals surface area contributed by atoms with Gasteiger partial charge in [0.1, 0.15) is 11.8 Å². The van der Waals surface area contributed by atoms with Crippen LogP contribution >= 0.6 is 0 Å². The molecule has 6 heteroatoms. The van der Waals surface area contributed by atoms with E-state index in [2.05, 4.69) is 10.3 Å². The number of nitrogens with zero attached hydrogens (tertiary/aromatic N) is 1. The monoisotopic (exact) mass is 330 g/mol. The number of ether oxygens (including phenoxy) is 1. The third-order valence-corrected chi connectivity index (χ3v) is 4.23. The van der Waals surface area contributed by atoms with E-state index in [0.717, 1.165) is 10.9 Å². The molecule has 24 heavy (non-hydrogen) atoms. The fourth-order valence-electron chi connectivity index (χ4n) is 2.50. The Kier molecular flexibility index (Phi) is 5.39. The van der Waals surface area contributed by atoms with Crippen LogP contribution in [0.1, 0.15) is 36.3 Å². The number of amides is 1. The Morgan fingerprint density at radius 2 is 2.04 bits per heavy atom. The summed E-state index contributed by atoms with van der Waals surface area (Å²) < 4.78 is 5.17. The zero-order valence-corrected chi connectivity index (χ0v) is 14.3. The number of carbonyl (C=O) groups is 2. The van der Waals surface area contributed by atoms with Crippen molar-refractivity contribution < 1.29 is 19.4 Å². The fourth-order valence-corrected chi connectivity index (χ4v) is 2.50. The second-order valence-electron chi connectivity index (χ2n) is 5.85. The summed E-state index contributed by atoms with van der Waals surface area (Å²) in [6.07, 6.45) is 0.659. The molecule has 0 fully saturated rings. The number of carboxylic acids is 1. The Balaban J connectivity index is 2.35. The highest BCUT2D eigenvalue weighted by molar-refractivity contribution is 6.00. The molecule has 0 saturated carbocycles. The van der Waals surface area contributed by atoms with Crippen molar-refractivity contribution in [2.24, 2.45) is 5.92 Å². The van der Waals surface area contributed by atoms with Gasteiger partial charge in [0.05, 0.1) is 23.9 Å². The normalized spacial score (nSPS) is 13.3. The molecule has 0 bridgehead atoms. The van der Waals surface area contributed by atoms with Gasteiger partial charge in [-0.1, -0.05) is 20.3 Å². The number of nitrogens with one attached hydrogen (secondary N) is 1. The van der Waals surface area contributed by atoms with E-state index in [0.29, 0.717) is 23.4 Å². The maximum Gasteiger partial charge on any atom is 0.326 e. The summed E-state index contributed by atoms with van der Waals surface area (Å²) in [6, 6.07) is 6.21. The molecule has 0 saturated heterocycles. The van der Waals surface area contributed by atoms with E-state index < -0.39 is 17.9 Å². The first-order chi connectivity index (χ1) is 11.4. The summed E-state index contributed by atoms with van der Waals surface area (Å²) in [5, 5.41) is 12.7. The smallest absolute Gasteiger partial charge is 0.326 e. The Morgan fingerprint density at radius 3 is 2.62 bits per heavy atom. The van der Waals surface area contributed by atoms with Crippen LogP contribution in [-0.4, -0.2) is 35.1 Å². The van der Waals surface area contributed by atoms with Crippen molar-refractivity contribution in [3.05, 3.63) is 35.5 Å². The molecule has 1 aromatic carbocycles. The lowest BCUT2D eigenvalue weighted by Crippen LogP contribution is -2.45. The third-order valence-electron chi connectivity index (χ3n) is 4.23. The molecule has 1 heterocycles. The number of aromatic nitrogens is 1. The SMILES string of the molecule is CC[C@H](C)[C@H](NC(=O)c1cc2ccc(OC)cc2nc1C)C(=O)O. The molecule has 0 unspecified atom stereocenters. The Bertz CT molecular complexity index is 773. The molecule has 0 radical (unpaired) electrons. The van der Waals surface area contributed by atoms with Crippen LogP contribution in [0.4, 0.5) is 0 Å². The summed E-state index contributed by atoms with van der Waals surface area (Å²) in [6.45, 7) is 5.42. The van der Waals surface area contributed by atoms with Gasteiger partial charge in [-0.05, 0) is 31.0 Å². The molecule has 1 aromatic heterocycles. The Hall–Kier alpha value is -2.63. The minimum atomic E-state index is -1.03. The van der Waals surface area contributed by atoms with Crippen LogP contribution < -0.4 is 10.1 Å². The van der Waals surface area contributed by atoms with E-state index in [1.165, 1.54) is 0 Å². The van der Waals surface area contributed by atoms with Crippen LogP contribution in [0.3, 0.4) is 0 Å². The number of pyridine rings is 1. The van der Waals surface area contributed by atoms with Crippen LogP contribution in [0, 0.1) is 12.8 Å². The third kappa shape index (κ3) is 3.64. The number of carboxylic acid groups (broad SMARTS) is 1. The van der Waals surface area contributed by atoms with Crippen molar-refractivity contribution in [1.29, 1.82) is 0 Å². The van der Waals surface area contributed by atoms with Crippen molar-refractivity contribution in [2.75, 3.05) is 7.11 Å². The number of aryl methyl sites for hydroxylation is 1. The van der Waals surface area contributed by atoms with Gasteiger partial charge in [0, 0.05) is 11.5 Å². The average molecular weight is 330 g/mol. The van der Waals surface area contributed by atoms with Gasteiger partial charge in [0.2, 0.25) is 0 Å². The zero-order chi connectivity index (χ0) is 17.9. The lowest BCUT2D eigenvalue weighted by atomic mass is 9.98. The molecule has 0 aliphatic heterocycles. The van der Waals surface area contributed by atoms with Crippen molar-refractivity contribution in [3.63, 3.8) is 0 Å². The number of aliphatic carboxylic acids is 1. The van der Waals surface area contributed by atoms with Gasteiger partial charge in [-0.2, -0.15) is 0 Å². The molecule has 128 valence electrons. The highest BCUT2D eigenvalue weighted by Crippen LogP contribution is 2.22. The first-order valence-electron chi connectivity index (χ1n) is 7.86. The second-order valence-corrected chi connectivity index (χ2v) is 5.85. The van der Waals surface area contributed by atoms with E-state index in [9.17, 15) is 14.7 Å². The standard InChI is InChI=1S/C18H22N2O4/c1-5-10(2)16(18(22)23)20-17(21)14-8-12-6-7-13(24-4)9-15(12)19-11(14)3/h6-10,16H,5H2,1-4H3,(H,20,21)(H,22,23)/t10-,16-/m0/s1. The van der Waals surface area contributed by atoms with E-state index in [1.54, 1.807) is 39.2 Å². The zero-order valence-electron chi connectivity index (χ0n) is 14.3. The first-order valence-corrected chi connectivity index (χ1v) is 7.86. The highest BCUT2D eigenvalue weighted by Gasteiger charge is 2.26. The summed E-state index contributed by atoms with van der Waals surface area (Å²) in [4.78, 5) is 28.4. The molecule has 2 atom stereocenters. The molecule has 0 aliphatic carbocycles. The number of fused-ring (bicyclic) bond motifs is 1. The first kappa shape index (κ1) is 17.7. The van der Waals surface area contributed by atoms with Gasteiger partial charge in [-0.3, -0.25) is 9.78 Å². The van der Waals surface area contributed by atoms with E-state index in [-0.39, 0.29) is 5.92 Å². The van der Waals surface area contributed by atoms with Crippen molar-refractivity contribution in [3.8, 4) is 5.75 Å². The molecule has 0 spiro atoms. The van der Waals surface area contributed by atoms with Crippen molar-refractivity contribution >= 4 is 22.8 Å². The number of hydrogen-bond donors (Lipinski definition) is 2. The lowest BCUT2D eigenvalue weighted by Gasteiger charge is -2.20. The Morgan fingerprint density at radius 1 is 1.33 bits per heavy atom. The summed E-state index contributed by atoms with van der Waals surface area (Å²) >= 11 is 0. The Labute approximate surface area is 140 Å². The van der Waals surface area contributed by atoms with Crippen LogP contribution in [-0.2, 0) is 4.79 Å². The molecular weight excluding hydrogens is 308 g/mol. The van der Waals surface area contributed by atoms with Crippen molar-refractivity contribution in [2.45, 2.75) is 33.2 Å². The maximum absolute atomic E-state index is 12.5. The fraction of sp³-hybridized carbons (Fsp3) is 0.389. The molecular formula is C18H22N2O4. The number of hydrogen-bond acceptors (Lipinski definition) is 4. The summed E-state index contributed by atoms with van der Waals surface area (Å²) in [7, 11) is 1.58. The molecule has 6 nitrogen and oxygen atoms in total. The second kappa shape index (κ2) is 7.29. The molecule has 1 amide bonds. The van der Waals surface area contributed by atoms with E-state index in [4.69, 9.17) is 4.74 Å². The molecule has 2 rings (SSSR count). The summed E-state index contributed by atoms with van der Waals surface area (Å²) in [5.41, 5.74) is 1.64. The predicted octanol–water partition coefficient (Wildman–Crippen LogP) is 2.78. The maximum atomic E-state index is 12.5. The van der Waals surface area contributed by atoms with Crippen LogP contribution in [0.2, 0.25) is 0 Å². The number of rotatable bonds is 6. The quantitative estimate of drug-likeness (QED) is 0.850. The van der Waals surface area contributed by atoms with E-state index >= 15 is 0 Å². The van der Waals surface area contributed by atoms with Gasteiger partial charge in [0.15, 0.2) is 0 Å². The molecule has 2 aromatic rings. The largest absolute Gasteiger partial charge is 0.497 e. The molecule has 2 N–H and O–H groups in total. The number of carbonyl (C=O) groups excluding carboxylic acids is 1. The van der Waals surface area contributed by atoms with Gasteiger partial charge >= 0.3 is 5.97 Å². The number of benzene rings is 1. The predicted molar refractivity (Wildman–Crippen MR) is 91.4 cm³/mol. The highest BCUT2D eigenvalue weighted by atomic mass is 16.5. The van der Waals surface area contributed by atoms with Gasteiger partial charge in [-0.15, -0.1) is 0 Å². The van der Waals surface area contributed by atoms with Gasteiger partial charge in [0.25, 0.3) is 5.91 Å². The average Bonchev–Trinajstić information content (AvgIpc) is 2.57. The van der Waals surface area contributed by atoms with Gasteiger partial charge in [-0.25, -0.2) is 4.79 Å². The minimum Gasteiger partial charge on any atom is -0.497 e. The summed E-state index contributed by atoms with van der Waals surface area (Å²) in [5.74, 6) is -0.932. The van der Waals surface area contributed by atoms with Gasteiger partial charge < -0.3 is 15.2 Å². The van der Waals surface area contributed by atoms with Crippen LogP contribution in [0.5, 0.6) is 5.75 Å².